The van der Waals surface area contributed by atoms with Crippen LogP contribution in [0.2, 0.25) is 0 Å². The van der Waals surface area contributed by atoms with E-state index in [2.05, 4.69) is 45.3 Å². The van der Waals surface area contributed by atoms with Crippen molar-refractivity contribution in [2.75, 3.05) is 14.2 Å². The Hall–Kier alpha value is -3.21. The number of aromatic nitrogens is 3. The van der Waals surface area contributed by atoms with Gasteiger partial charge in [-0.15, -0.1) is 4.98 Å². The third-order valence-corrected chi connectivity index (χ3v) is 3.95. The number of fused-ring (bicyclic) bond motifs is 2. The van der Waals surface area contributed by atoms with Crippen LogP contribution in [0.25, 0.3) is 32.9 Å². The van der Waals surface area contributed by atoms with Crippen molar-refractivity contribution in [1.29, 1.82) is 0 Å². The maximum atomic E-state index is 5.20. The molecule has 0 atom stereocenters. The molecule has 0 spiro atoms. The summed E-state index contributed by atoms with van der Waals surface area (Å²) in [6.07, 6.45) is 0. The summed E-state index contributed by atoms with van der Waals surface area (Å²) in [6.45, 7) is 0. The number of ether oxygens (including phenoxy) is 2. The number of hydrogen-bond acceptors (Lipinski definition) is 5. The molecule has 0 aliphatic rings. The quantitative estimate of drug-likeness (QED) is 0.537. The van der Waals surface area contributed by atoms with E-state index in [0.29, 0.717) is 5.82 Å². The molecule has 0 aliphatic carbocycles. The minimum atomic E-state index is 0.230. The minimum Gasteiger partial charge on any atom is -0.467 e. The van der Waals surface area contributed by atoms with Gasteiger partial charge in [-0.25, -0.2) is 0 Å². The van der Waals surface area contributed by atoms with Gasteiger partial charge in [0.15, 0.2) is 5.82 Å². The lowest BCUT2D eigenvalue weighted by atomic mass is 9.96. The first-order valence-electron chi connectivity index (χ1n) is 7.55. The number of hydrogen-bond donors (Lipinski definition) is 0. The molecule has 4 rings (SSSR count). The summed E-state index contributed by atoms with van der Waals surface area (Å²) < 4.78 is 10.4. The Kier molecular flexibility index (Phi) is 3.46. The second kappa shape index (κ2) is 5.77. The van der Waals surface area contributed by atoms with Crippen molar-refractivity contribution in [1.82, 2.24) is 15.0 Å². The maximum absolute atomic E-state index is 5.20. The predicted octanol–water partition coefficient (Wildman–Crippen LogP) is 3.86. The van der Waals surface area contributed by atoms with Crippen molar-refractivity contribution < 1.29 is 9.47 Å². The summed E-state index contributed by atoms with van der Waals surface area (Å²) in [5, 5.41) is 4.41. The highest BCUT2D eigenvalue weighted by atomic mass is 16.5. The lowest BCUT2D eigenvalue weighted by Gasteiger charge is -2.11. The van der Waals surface area contributed by atoms with Gasteiger partial charge in [0.1, 0.15) is 0 Å². The molecule has 1 heterocycles. The average molecular weight is 317 g/mol. The van der Waals surface area contributed by atoms with Crippen molar-refractivity contribution in [3.05, 3.63) is 54.6 Å². The van der Waals surface area contributed by atoms with Crippen molar-refractivity contribution in [2.45, 2.75) is 0 Å². The normalized spacial score (nSPS) is 10.9. The molecule has 5 nitrogen and oxygen atoms in total. The fourth-order valence-corrected chi connectivity index (χ4v) is 2.89. The van der Waals surface area contributed by atoms with Gasteiger partial charge in [0.05, 0.1) is 14.2 Å². The Balaban J connectivity index is 2.14. The molecule has 0 aliphatic heterocycles. The van der Waals surface area contributed by atoms with Crippen LogP contribution >= 0.6 is 0 Å². The summed E-state index contributed by atoms with van der Waals surface area (Å²) in [7, 11) is 3.06. The van der Waals surface area contributed by atoms with Crippen molar-refractivity contribution >= 4 is 21.5 Å². The smallest absolute Gasteiger partial charge is 0.322 e. The topological polar surface area (TPSA) is 57.1 Å². The highest BCUT2D eigenvalue weighted by Gasteiger charge is 2.15. The summed E-state index contributed by atoms with van der Waals surface area (Å²) in [5.74, 6) is 0.534. The Labute approximate surface area is 138 Å². The average Bonchev–Trinajstić information content (AvgIpc) is 2.65. The van der Waals surface area contributed by atoms with Crippen LogP contribution in [0.3, 0.4) is 0 Å². The highest BCUT2D eigenvalue weighted by Crippen LogP contribution is 2.35. The summed E-state index contributed by atoms with van der Waals surface area (Å²) in [4.78, 5) is 13.0. The fraction of sp³-hybridized carbons (Fsp3) is 0.105. The van der Waals surface area contributed by atoms with Crippen LogP contribution in [0, 0.1) is 0 Å². The van der Waals surface area contributed by atoms with Gasteiger partial charge in [-0.05, 0) is 27.6 Å². The van der Waals surface area contributed by atoms with Crippen LogP contribution in [0.4, 0.5) is 0 Å². The molecule has 5 heteroatoms. The number of rotatable bonds is 3. The van der Waals surface area contributed by atoms with Gasteiger partial charge in [0, 0.05) is 5.56 Å². The van der Waals surface area contributed by atoms with Crippen LogP contribution in [0.15, 0.2) is 54.6 Å². The number of nitrogens with zero attached hydrogens (tertiary/aromatic N) is 3. The van der Waals surface area contributed by atoms with Crippen LogP contribution in [0.1, 0.15) is 0 Å². The van der Waals surface area contributed by atoms with Gasteiger partial charge in [-0.2, -0.15) is 9.97 Å². The third-order valence-electron chi connectivity index (χ3n) is 3.95. The van der Waals surface area contributed by atoms with Crippen LogP contribution < -0.4 is 9.47 Å². The summed E-state index contributed by atoms with van der Waals surface area (Å²) >= 11 is 0. The zero-order valence-corrected chi connectivity index (χ0v) is 13.4. The van der Waals surface area contributed by atoms with Gasteiger partial charge in [-0.3, -0.25) is 0 Å². The van der Waals surface area contributed by atoms with E-state index in [1.54, 1.807) is 0 Å². The van der Waals surface area contributed by atoms with E-state index in [-0.39, 0.29) is 12.0 Å². The van der Waals surface area contributed by atoms with Crippen LogP contribution in [-0.4, -0.2) is 29.2 Å². The SMILES string of the molecule is COc1nc(OC)nc(-c2c3ccccc3cc3ccccc23)n1. The molecule has 118 valence electrons. The van der Waals surface area contributed by atoms with E-state index < -0.39 is 0 Å². The molecular weight excluding hydrogens is 302 g/mol. The molecule has 24 heavy (non-hydrogen) atoms. The standard InChI is InChI=1S/C19H15N3O2/c1-23-18-20-17(21-19(22-18)24-2)16-14-9-5-3-7-12(14)11-13-8-4-6-10-15(13)16/h3-11H,1-2H3. The predicted molar refractivity (Wildman–Crippen MR) is 93.4 cm³/mol. The Morgan fingerprint density at radius 1 is 0.667 bits per heavy atom. The third kappa shape index (κ3) is 2.31. The van der Waals surface area contributed by atoms with E-state index >= 15 is 0 Å². The van der Waals surface area contributed by atoms with Crippen molar-refractivity contribution in [3.8, 4) is 23.4 Å². The van der Waals surface area contributed by atoms with Gasteiger partial charge in [-0.1, -0.05) is 48.5 Å². The molecule has 4 aromatic rings. The highest BCUT2D eigenvalue weighted by molar-refractivity contribution is 6.11. The van der Waals surface area contributed by atoms with Gasteiger partial charge in [0.2, 0.25) is 0 Å². The Morgan fingerprint density at radius 2 is 1.17 bits per heavy atom. The molecule has 0 radical (unpaired) electrons. The van der Waals surface area contributed by atoms with Crippen LogP contribution in [-0.2, 0) is 0 Å². The molecule has 0 unspecified atom stereocenters. The van der Waals surface area contributed by atoms with Gasteiger partial charge in [0.25, 0.3) is 0 Å². The summed E-state index contributed by atoms with van der Waals surface area (Å²) in [5.41, 5.74) is 0.947. The Bertz CT molecular complexity index is 971. The number of benzene rings is 3. The summed E-state index contributed by atoms with van der Waals surface area (Å²) in [6, 6.07) is 19.0. The second-order valence-corrected chi connectivity index (χ2v) is 5.33. The fourth-order valence-electron chi connectivity index (χ4n) is 2.89. The molecule has 0 saturated heterocycles. The maximum Gasteiger partial charge on any atom is 0.322 e. The molecule has 0 amide bonds. The van der Waals surface area contributed by atoms with Gasteiger partial charge < -0.3 is 9.47 Å². The van der Waals surface area contributed by atoms with Crippen LogP contribution in [0.5, 0.6) is 12.0 Å². The Morgan fingerprint density at radius 3 is 1.67 bits per heavy atom. The zero-order valence-electron chi connectivity index (χ0n) is 13.4. The lowest BCUT2D eigenvalue weighted by molar-refractivity contribution is 0.341. The first kappa shape index (κ1) is 14.4. The molecule has 0 saturated carbocycles. The molecule has 0 bridgehead atoms. The number of methoxy groups -OCH3 is 2. The second-order valence-electron chi connectivity index (χ2n) is 5.33. The van der Waals surface area contributed by atoms with E-state index in [1.165, 1.54) is 14.2 Å². The zero-order chi connectivity index (χ0) is 16.5. The molecular formula is C19H15N3O2. The van der Waals surface area contributed by atoms with Crippen molar-refractivity contribution in [3.63, 3.8) is 0 Å². The minimum absolute atomic E-state index is 0.230. The first-order valence-corrected chi connectivity index (χ1v) is 7.55. The largest absolute Gasteiger partial charge is 0.467 e. The monoisotopic (exact) mass is 317 g/mol. The molecule has 0 N–H and O–H groups in total. The van der Waals surface area contributed by atoms with Gasteiger partial charge >= 0.3 is 12.0 Å². The van der Waals surface area contributed by atoms with E-state index in [0.717, 1.165) is 27.1 Å². The van der Waals surface area contributed by atoms with Crippen molar-refractivity contribution in [2.24, 2.45) is 0 Å². The van der Waals surface area contributed by atoms with E-state index in [1.807, 2.05) is 24.3 Å². The molecule has 3 aromatic carbocycles. The van der Waals surface area contributed by atoms with E-state index in [9.17, 15) is 0 Å². The molecule has 1 aromatic heterocycles. The van der Waals surface area contributed by atoms with E-state index in [4.69, 9.17) is 9.47 Å². The molecule has 0 fully saturated rings. The lowest BCUT2D eigenvalue weighted by Crippen LogP contribution is -2.01. The first-order chi connectivity index (χ1) is 11.8.